The lowest BCUT2D eigenvalue weighted by atomic mass is 9.55. The van der Waals surface area contributed by atoms with E-state index in [0.717, 1.165) is 44.2 Å². The molecule has 0 spiro atoms. The Kier molecular flexibility index (Phi) is 4.16. The molecule has 1 aromatic heterocycles. The summed E-state index contributed by atoms with van der Waals surface area (Å²) in [6, 6.07) is 5.94. The van der Waals surface area contributed by atoms with E-state index >= 15 is 0 Å². The summed E-state index contributed by atoms with van der Waals surface area (Å²) >= 11 is 0. The summed E-state index contributed by atoms with van der Waals surface area (Å²) in [5, 5.41) is 25.5. The normalized spacial score (nSPS) is 35.5. The van der Waals surface area contributed by atoms with Gasteiger partial charge in [0.1, 0.15) is 5.75 Å². The second kappa shape index (κ2) is 6.48. The Morgan fingerprint density at radius 3 is 2.96 bits per heavy atom. The molecular formula is C24H30N2O2. The van der Waals surface area contributed by atoms with Gasteiger partial charge in [-0.15, -0.1) is 0 Å². The van der Waals surface area contributed by atoms with Gasteiger partial charge in [0.25, 0.3) is 0 Å². The van der Waals surface area contributed by atoms with Crippen LogP contribution in [0, 0.1) is 17.3 Å². The molecule has 3 aliphatic carbocycles. The minimum absolute atomic E-state index is 0.0256. The molecule has 4 heteroatoms. The van der Waals surface area contributed by atoms with Gasteiger partial charge in [-0.3, -0.25) is 4.68 Å². The number of hydrogen-bond acceptors (Lipinski definition) is 3. The van der Waals surface area contributed by atoms with Crippen LogP contribution in [-0.2, 0) is 13.0 Å². The topological polar surface area (TPSA) is 58.3 Å². The average Bonchev–Trinajstić information content (AvgIpc) is 3.25. The number of aromatic hydroxyl groups is 1. The van der Waals surface area contributed by atoms with E-state index in [0.29, 0.717) is 23.5 Å². The van der Waals surface area contributed by atoms with Gasteiger partial charge in [0, 0.05) is 23.7 Å². The van der Waals surface area contributed by atoms with Crippen molar-refractivity contribution < 1.29 is 10.2 Å². The molecule has 0 aliphatic heterocycles. The maximum absolute atomic E-state index is 11.3. The van der Waals surface area contributed by atoms with Crippen molar-refractivity contribution in [2.24, 2.45) is 17.3 Å². The Balaban J connectivity index is 1.46. The second-order valence-electron chi connectivity index (χ2n) is 9.30. The smallest absolute Gasteiger partial charge is 0.115 e. The first kappa shape index (κ1) is 18.0. The fraction of sp³-hybridized carbons (Fsp3) is 0.542. The van der Waals surface area contributed by atoms with Crippen LogP contribution in [0.4, 0.5) is 0 Å². The van der Waals surface area contributed by atoms with Crippen LogP contribution < -0.4 is 0 Å². The van der Waals surface area contributed by atoms with E-state index in [1.807, 2.05) is 23.0 Å². The summed E-state index contributed by atoms with van der Waals surface area (Å²) < 4.78 is 1.94. The molecule has 2 fully saturated rings. The van der Waals surface area contributed by atoms with Gasteiger partial charge in [-0.05, 0) is 85.6 Å². The van der Waals surface area contributed by atoms with Gasteiger partial charge < -0.3 is 10.2 Å². The Labute approximate surface area is 166 Å². The number of rotatable bonds is 2. The minimum Gasteiger partial charge on any atom is -0.508 e. The average molecular weight is 379 g/mol. The van der Waals surface area contributed by atoms with E-state index in [2.05, 4.69) is 37.3 Å². The molecule has 0 bridgehead atoms. The van der Waals surface area contributed by atoms with Crippen molar-refractivity contribution in [2.75, 3.05) is 0 Å². The fourth-order valence-corrected chi connectivity index (χ4v) is 6.41. The number of aryl methyl sites for hydroxylation is 2. The predicted molar refractivity (Wildman–Crippen MR) is 110 cm³/mol. The quantitative estimate of drug-likeness (QED) is 0.808. The molecule has 0 unspecified atom stereocenters. The summed E-state index contributed by atoms with van der Waals surface area (Å²) in [5.41, 5.74) is 5.01. The van der Waals surface area contributed by atoms with Crippen LogP contribution in [0.2, 0.25) is 0 Å². The zero-order chi connectivity index (χ0) is 19.5. The van der Waals surface area contributed by atoms with Crippen molar-refractivity contribution in [1.82, 2.24) is 9.78 Å². The van der Waals surface area contributed by atoms with Gasteiger partial charge in [-0.2, -0.15) is 5.10 Å². The van der Waals surface area contributed by atoms with Gasteiger partial charge in [0.2, 0.25) is 0 Å². The summed E-state index contributed by atoms with van der Waals surface area (Å²) in [5.74, 6) is 2.09. The number of aliphatic hydroxyl groups excluding tert-OH is 1. The Hall–Kier alpha value is -2.07. The van der Waals surface area contributed by atoms with Crippen LogP contribution in [0.15, 0.2) is 36.2 Å². The second-order valence-corrected chi connectivity index (χ2v) is 9.30. The highest BCUT2D eigenvalue weighted by Gasteiger charge is 2.56. The maximum atomic E-state index is 11.3. The molecule has 3 aliphatic rings. The Bertz CT molecular complexity index is 930. The first-order chi connectivity index (χ1) is 13.5. The predicted octanol–water partition coefficient (Wildman–Crippen LogP) is 4.52. The molecule has 0 radical (unpaired) electrons. The molecule has 2 saturated carbocycles. The van der Waals surface area contributed by atoms with E-state index in [-0.39, 0.29) is 11.5 Å². The largest absolute Gasteiger partial charge is 0.508 e. The molecule has 1 aromatic carbocycles. The molecule has 28 heavy (non-hydrogen) atoms. The molecule has 1 heterocycles. The fourth-order valence-electron chi connectivity index (χ4n) is 6.41. The number of aromatic nitrogens is 2. The van der Waals surface area contributed by atoms with Crippen LogP contribution in [0.1, 0.15) is 62.1 Å². The highest BCUT2D eigenvalue weighted by molar-refractivity contribution is 5.54. The zero-order valence-corrected chi connectivity index (χ0v) is 16.8. The maximum Gasteiger partial charge on any atom is 0.115 e. The van der Waals surface area contributed by atoms with E-state index < -0.39 is 0 Å². The molecule has 5 atom stereocenters. The molecule has 2 N–H and O–H groups in total. The first-order valence-electron chi connectivity index (χ1n) is 10.7. The number of hydrogen-bond donors (Lipinski definition) is 2. The van der Waals surface area contributed by atoms with Gasteiger partial charge in [-0.25, -0.2) is 0 Å². The van der Waals surface area contributed by atoms with E-state index in [9.17, 15) is 10.2 Å². The third-order valence-corrected chi connectivity index (χ3v) is 7.91. The molecule has 148 valence electrons. The summed E-state index contributed by atoms with van der Waals surface area (Å²) in [6.45, 7) is 5.26. The minimum atomic E-state index is -0.357. The van der Waals surface area contributed by atoms with Gasteiger partial charge in [0.05, 0.1) is 12.3 Å². The van der Waals surface area contributed by atoms with Gasteiger partial charge in [0.15, 0.2) is 0 Å². The van der Waals surface area contributed by atoms with Crippen LogP contribution in [0.5, 0.6) is 5.75 Å². The van der Waals surface area contributed by atoms with Gasteiger partial charge >= 0.3 is 0 Å². The number of fused-ring (bicyclic) bond motifs is 5. The van der Waals surface area contributed by atoms with E-state index in [1.54, 1.807) is 0 Å². The number of phenols is 1. The number of phenolic OH excluding ortho intramolecular Hbond substituents is 1. The third-order valence-electron chi connectivity index (χ3n) is 7.91. The van der Waals surface area contributed by atoms with Crippen LogP contribution in [0.3, 0.4) is 0 Å². The summed E-state index contributed by atoms with van der Waals surface area (Å²) in [4.78, 5) is 0. The molecule has 2 aromatic rings. The van der Waals surface area contributed by atoms with Gasteiger partial charge in [-0.1, -0.05) is 19.1 Å². The third kappa shape index (κ3) is 2.65. The van der Waals surface area contributed by atoms with Crippen molar-refractivity contribution in [3.05, 3.63) is 52.9 Å². The molecule has 4 nitrogen and oxygen atoms in total. The number of aliphatic hydroxyl groups is 1. The monoisotopic (exact) mass is 378 g/mol. The molecule has 5 rings (SSSR count). The van der Waals surface area contributed by atoms with E-state index in [4.69, 9.17) is 0 Å². The van der Waals surface area contributed by atoms with Crippen molar-refractivity contribution >= 4 is 6.08 Å². The molecular weight excluding hydrogens is 348 g/mol. The van der Waals surface area contributed by atoms with Crippen molar-refractivity contribution in [3.8, 4) is 5.75 Å². The van der Waals surface area contributed by atoms with Crippen molar-refractivity contribution in [2.45, 2.75) is 64.5 Å². The van der Waals surface area contributed by atoms with Crippen LogP contribution >= 0.6 is 0 Å². The van der Waals surface area contributed by atoms with Crippen molar-refractivity contribution in [3.63, 3.8) is 0 Å². The Morgan fingerprint density at radius 2 is 2.18 bits per heavy atom. The number of nitrogens with zero attached hydrogens (tertiary/aromatic N) is 2. The lowest BCUT2D eigenvalue weighted by Gasteiger charge is -2.49. The lowest BCUT2D eigenvalue weighted by molar-refractivity contribution is -0.0158. The van der Waals surface area contributed by atoms with Crippen LogP contribution in [0.25, 0.3) is 6.08 Å². The highest BCUT2D eigenvalue weighted by atomic mass is 16.3. The molecule has 0 saturated heterocycles. The Morgan fingerprint density at radius 1 is 1.32 bits per heavy atom. The first-order valence-corrected chi connectivity index (χ1v) is 10.7. The lowest BCUT2D eigenvalue weighted by Crippen LogP contribution is -2.44. The SMILES string of the molecule is CCn1cc(/C=C2\C[C@H]3[C@H]4CCc5cc(O)ccc5[C@@H]4CC[C@]3(C)[C@@H]2O)cn1. The summed E-state index contributed by atoms with van der Waals surface area (Å²) in [6.07, 6.45) is 11.2. The molecule has 0 amide bonds. The van der Waals surface area contributed by atoms with Crippen LogP contribution in [-0.4, -0.2) is 26.1 Å². The van der Waals surface area contributed by atoms with Crippen molar-refractivity contribution in [1.29, 1.82) is 0 Å². The summed E-state index contributed by atoms with van der Waals surface area (Å²) in [7, 11) is 0. The standard InChI is InChI=1S/C24H30N2O2/c1-3-26-14-15(13-25-26)10-17-12-22-21-6-4-16-11-18(27)5-7-19(16)20(21)8-9-24(22,2)23(17)28/h5,7,10-11,13-14,20-23,27-28H,3-4,6,8-9,12H2,1-2H3/b17-10+/t20-,21-,22-,23+,24-/m0/s1. The highest BCUT2D eigenvalue weighted by Crippen LogP contribution is 2.62. The zero-order valence-electron chi connectivity index (χ0n) is 16.8. The van der Waals surface area contributed by atoms with E-state index in [1.165, 1.54) is 16.7 Å². The number of benzene rings is 1.